The minimum absolute atomic E-state index is 0.0142. The van der Waals surface area contributed by atoms with Gasteiger partial charge in [0.15, 0.2) is 5.76 Å². The molecular formula is C11H7Cl3N5O4+. The lowest BCUT2D eigenvalue weighted by molar-refractivity contribution is -0.402. The van der Waals surface area contributed by atoms with Crippen LogP contribution in [0.4, 0.5) is 11.6 Å². The van der Waals surface area contributed by atoms with Crippen LogP contribution < -0.4 is 16.1 Å². The van der Waals surface area contributed by atoms with Crippen LogP contribution in [-0.2, 0) is 0 Å². The van der Waals surface area contributed by atoms with Gasteiger partial charge in [-0.2, -0.15) is 10.1 Å². The van der Waals surface area contributed by atoms with Gasteiger partial charge in [0, 0.05) is 0 Å². The molecule has 9 nitrogen and oxygen atoms in total. The van der Waals surface area contributed by atoms with Crippen molar-refractivity contribution in [3.63, 3.8) is 0 Å². The normalized spacial score (nSPS) is 10.9. The predicted octanol–water partition coefficient (Wildman–Crippen LogP) is 2.31. The highest BCUT2D eigenvalue weighted by atomic mass is 35.5. The van der Waals surface area contributed by atoms with Gasteiger partial charge in [0.2, 0.25) is 0 Å². The molecular weight excluding hydrogens is 373 g/mol. The van der Waals surface area contributed by atoms with Crippen molar-refractivity contribution in [1.29, 1.82) is 0 Å². The lowest BCUT2D eigenvalue weighted by atomic mass is 10.3. The minimum atomic E-state index is -0.752. The third-order valence-corrected chi connectivity index (χ3v) is 3.66. The van der Waals surface area contributed by atoms with E-state index < -0.39 is 16.7 Å². The van der Waals surface area contributed by atoms with E-state index in [1.807, 2.05) is 0 Å². The van der Waals surface area contributed by atoms with Gasteiger partial charge >= 0.3 is 11.8 Å². The number of nitrogens with two attached hydrogens (primary N) is 1. The number of rotatable bonds is 4. The maximum absolute atomic E-state index is 11.9. The van der Waals surface area contributed by atoms with Gasteiger partial charge in [0.25, 0.3) is 10.8 Å². The maximum atomic E-state index is 11.9. The molecule has 0 aliphatic carbocycles. The summed E-state index contributed by atoms with van der Waals surface area (Å²) in [7, 11) is 0. The highest BCUT2D eigenvalue weighted by Crippen LogP contribution is 2.31. The van der Waals surface area contributed by atoms with Gasteiger partial charge < -0.3 is 10.2 Å². The van der Waals surface area contributed by atoms with Crippen LogP contribution in [0.5, 0.6) is 0 Å². The van der Waals surface area contributed by atoms with Crippen molar-refractivity contribution in [2.45, 2.75) is 0 Å². The first kappa shape index (κ1) is 17.0. The van der Waals surface area contributed by atoms with Crippen LogP contribution in [0.15, 0.2) is 21.7 Å². The van der Waals surface area contributed by atoms with Crippen LogP contribution in [-0.4, -0.2) is 17.0 Å². The van der Waals surface area contributed by atoms with Crippen molar-refractivity contribution >= 4 is 58.5 Å². The van der Waals surface area contributed by atoms with Crippen LogP contribution in [0.2, 0.25) is 15.2 Å². The molecule has 120 valence electrons. The van der Waals surface area contributed by atoms with Gasteiger partial charge in [-0.1, -0.05) is 23.2 Å². The lowest BCUT2D eigenvalue weighted by Crippen LogP contribution is -2.28. The Morgan fingerprint density at radius 2 is 2.09 bits per heavy atom. The third-order valence-electron chi connectivity index (χ3n) is 2.50. The van der Waals surface area contributed by atoms with E-state index in [2.05, 4.69) is 15.5 Å². The number of halogens is 3. The SMILES string of the molecule is Nc1c(Cl)c(Cl)[nH+]c(C(=O)N/N=C\c2ccc([N+](=O)[O-])o2)c1Cl. The second-order valence-corrected chi connectivity index (χ2v) is 5.12. The lowest BCUT2D eigenvalue weighted by Gasteiger charge is -2.02. The molecule has 0 fully saturated rings. The van der Waals surface area contributed by atoms with E-state index in [1.54, 1.807) is 0 Å². The standard InChI is InChI=1S/C11H6Cl3N5O4/c12-6-8(15)7(13)10(14)17-9(6)11(20)18-16-3-4-1-2-5(23-4)19(21)22/h1-3H,(H2,15,17)(H,18,20)/p+1/b16-3-. The molecule has 23 heavy (non-hydrogen) atoms. The molecule has 0 bridgehead atoms. The molecule has 0 saturated heterocycles. The average Bonchev–Trinajstić information content (AvgIpc) is 2.97. The Labute approximate surface area is 143 Å². The summed E-state index contributed by atoms with van der Waals surface area (Å²) in [5.41, 5.74) is 7.52. The van der Waals surface area contributed by atoms with Crippen molar-refractivity contribution in [2.24, 2.45) is 5.10 Å². The first-order chi connectivity index (χ1) is 10.8. The molecule has 1 amide bonds. The number of hydrazone groups is 1. The zero-order valence-corrected chi connectivity index (χ0v) is 13.2. The van der Waals surface area contributed by atoms with Gasteiger partial charge in [0.1, 0.15) is 15.0 Å². The molecule has 0 atom stereocenters. The van der Waals surface area contributed by atoms with Crippen molar-refractivity contribution in [2.75, 3.05) is 5.73 Å². The van der Waals surface area contributed by atoms with Crippen molar-refractivity contribution < 1.29 is 19.1 Å². The van der Waals surface area contributed by atoms with Crippen molar-refractivity contribution in [1.82, 2.24) is 5.43 Å². The van der Waals surface area contributed by atoms with E-state index in [1.165, 1.54) is 6.07 Å². The number of aromatic amines is 1. The Bertz CT molecular complexity index is 820. The number of nitrogens with one attached hydrogen (secondary N) is 2. The number of hydrogen-bond acceptors (Lipinski definition) is 6. The van der Waals surface area contributed by atoms with Crippen LogP contribution >= 0.6 is 34.8 Å². The highest BCUT2D eigenvalue weighted by molar-refractivity contribution is 6.45. The van der Waals surface area contributed by atoms with Crippen molar-refractivity contribution in [3.8, 4) is 0 Å². The maximum Gasteiger partial charge on any atom is 0.433 e. The Kier molecular flexibility index (Phi) is 5.04. The average molecular weight is 380 g/mol. The summed E-state index contributed by atoms with van der Waals surface area (Å²) >= 11 is 17.4. The van der Waals surface area contributed by atoms with E-state index in [4.69, 9.17) is 45.0 Å². The molecule has 2 rings (SSSR count). The van der Waals surface area contributed by atoms with E-state index >= 15 is 0 Å². The quantitative estimate of drug-likeness (QED) is 0.363. The topological polar surface area (TPSA) is 138 Å². The molecule has 0 aromatic carbocycles. The Balaban J connectivity index is 2.13. The summed E-state index contributed by atoms with van der Waals surface area (Å²) in [5, 5.41) is 13.8. The zero-order chi connectivity index (χ0) is 17.1. The number of furan rings is 1. The number of nitrogen functional groups attached to an aromatic ring is 1. The summed E-state index contributed by atoms with van der Waals surface area (Å²) in [6.07, 6.45) is 1.07. The fourth-order valence-electron chi connectivity index (χ4n) is 1.45. The van der Waals surface area contributed by atoms with E-state index in [0.717, 1.165) is 12.3 Å². The first-order valence-electron chi connectivity index (χ1n) is 5.74. The van der Waals surface area contributed by atoms with Gasteiger partial charge in [-0.15, -0.1) is 0 Å². The number of nitro groups is 1. The van der Waals surface area contributed by atoms with Crippen LogP contribution in [0.1, 0.15) is 16.2 Å². The van der Waals surface area contributed by atoms with Crippen LogP contribution in [0.3, 0.4) is 0 Å². The van der Waals surface area contributed by atoms with Gasteiger partial charge in [-0.05, 0) is 17.7 Å². The minimum Gasteiger partial charge on any atom is -0.400 e. The number of hydrogen-bond donors (Lipinski definition) is 2. The molecule has 2 aromatic heterocycles. The van der Waals surface area contributed by atoms with Crippen LogP contribution in [0, 0.1) is 10.1 Å². The highest BCUT2D eigenvalue weighted by Gasteiger charge is 2.25. The summed E-state index contributed by atoms with van der Waals surface area (Å²) in [6.45, 7) is 0. The second kappa shape index (κ2) is 6.82. The Morgan fingerprint density at radius 1 is 1.39 bits per heavy atom. The number of pyridine rings is 1. The molecule has 12 heteroatoms. The number of amides is 1. The monoisotopic (exact) mass is 378 g/mol. The molecule has 2 aromatic rings. The van der Waals surface area contributed by atoms with E-state index in [-0.39, 0.29) is 32.3 Å². The second-order valence-electron chi connectivity index (χ2n) is 3.99. The summed E-state index contributed by atoms with van der Waals surface area (Å²) in [5.74, 6) is -1.13. The Hall–Kier alpha value is -2.36. The smallest absolute Gasteiger partial charge is 0.400 e. The van der Waals surface area contributed by atoms with Gasteiger partial charge in [-0.25, -0.2) is 5.43 Å². The van der Waals surface area contributed by atoms with Crippen molar-refractivity contribution in [3.05, 3.63) is 48.9 Å². The molecule has 0 aliphatic heterocycles. The molecule has 0 unspecified atom stereocenters. The molecule has 0 radical (unpaired) electrons. The molecule has 0 aliphatic rings. The molecule has 0 spiro atoms. The van der Waals surface area contributed by atoms with Crippen LogP contribution in [0.25, 0.3) is 0 Å². The number of carbonyl (C=O) groups excluding carboxylic acids is 1. The zero-order valence-electron chi connectivity index (χ0n) is 11.0. The largest absolute Gasteiger partial charge is 0.433 e. The fraction of sp³-hybridized carbons (Fsp3) is 0. The molecule has 0 saturated carbocycles. The molecule has 4 N–H and O–H groups in total. The predicted molar refractivity (Wildman–Crippen MR) is 82.9 cm³/mol. The number of anilines is 1. The van der Waals surface area contributed by atoms with E-state index in [9.17, 15) is 14.9 Å². The number of carbonyl (C=O) groups is 1. The van der Waals surface area contributed by atoms with Gasteiger partial charge in [-0.3, -0.25) is 14.9 Å². The summed E-state index contributed by atoms with van der Waals surface area (Å²) in [6, 6.07) is 2.46. The first-order valence-corrected chi connectivity index (χ1v) is 6.87. The van der Waals surface area contributed by atoms with E-state index in [0.29, 0.717) is 0 Å². The number of H-pyrrole nitrogens is 1. The summed E-state index contributed by atoms with van der Waals surface area (Å²) in [4.78, 5) is 24.2. The fourth-order valence-corrected chi connectivity index (χ4v) is 2.06. The number of nitrogens with zero attached hydrogens (tertiary/aromatic N) is 2. The summed E-state index contributed by atoms with van der Waals surface area (Å²) < 4.78 is 4.82. The Morgan fingerprint density at radius 3 is 2.70 bits per heavy atom. The third kappa shape index (κ3) is 3.70. The molecule has 2 heterocycles. The van der Waals surface area contributed by atoms with Gasteiger partial charge in [0.05, 0.1) is 18.0 Å². The number of aromatic nitrogens is 1.